The molecule has 17 heteroatoms. The fourth-order valence-electron chi connectivity index (χ4n) is 9.45. The molecule has 2 aromatic heterocycles. The lowest BCUT2D eigenvalue weighted by Gasteiger charge is -2.43. The van der Waals surface area contributed by atoms with Crippen LogP contribution >= 0.6 is 0 Å². The molecule has 8 rings (SSSR count). The third-order valence-electron chi connectivity index (χ3n) is 13.1. The second-order valence-electron chi connectivity index (χ2n) is 16.8. The second-order valence-corrected chi connectivity index (χ2v) is 16.8. The number of rotatable bonds is 12. The summed E-state index contributed by atoms with van der Waals surface area (Å²) in [5.74, 6) is 0.684. The number of likely N-dealkylation sites (tertiary alicyclic amines) is 1. The molecule has 0 spiro atoms. The van der Waals surface area contributed by atoms with Gasteiger partial charge < -0.3 is 35.0 Å². The van der Waals surface area contributed by atoms with Crippen LogP contribution in [0.2, 0.25) is 0 Å². The highest BCUT2D eigenvalue weighted by Gasteiger charge is 2.41. The van der Waals surface area contributed by atoms with E-state index in [0.717, 1.165) is 63.4 Å². The van der Waals surface area contributed by atoms with Crippen LogP contribution in [0.4, 0.5) is 28.8 Å². The van der Waals surface area contributed by atoms with Crippen LogP contribution in [0.25, 0.3) is 0 Å². The summed E-state index contributed by atoms with van der Waals surface area (Å²) in [6, 6.07) is 9.05. The van der Waals surface area contributed by atoms with Gasteiger partial charge in [0.2, 0.25) is 29.6 Å². The Bertz CT molecular complexity index is 2110. The number of piperidine rings is 2. The highest BCUT2D eigenvalue weighted by Crippen LogP contribution is 2.40. The van der Waals surface area contributed by atoms with Gasteiger partial charge in [-0.15, -0.1) is 0 Å². The number of nitrogens with zero attached hydrogens (tertiary/aromatic N) is 8. The van der Waals surface area contributed by atoms with E-state index in [1.807, 2.05) is 24.0 Å². The lowest BCUT2D eigenvalue weighted by molar-refractivity contribution is -0.134. The highest BCUT2D eigenvalue weighted by molar-refractivity contribution is 6.04. The van der Waals surface area contributed by atoms with Crippen LogP contribution in [0.3, 0.4) is 0 Å². The van der Waals surface area contributed by atoms with E-state index in [1.54, 1.807) is 49.7 Å². The Morgan fingerprint density at radius 2 is 1.69 bits per heavy atom. The van der Waals surface area contributed by atoms with Crippen molar-refractivity contribution >= 4 is 58.4 Å². The fourth-order valence-corrected chi connectivity index (χ4v) is 9.45. The van der Waals surface area contributed by atoms with Crippen LogP contribution in [0.1, 0.15) is 93.1 Å². The molecule has 1 saturated carbocycles. The normalized spacial score (nSPS) is 21.7. The van der Waals surface area contributed by atoms with Crippen molar-refractivity contribution in [2.45, 2.75) is 95.2 Å². The molecule has 3 aromatic rings. The summed E-state index contributed by atoms with van der Waals surface area (Å²) in [6.07, 6.45) is 11.1. The molecule has 3 N–H and O–H groups in total. The molecule has 4 aliphatic heterocycles. The van der Waals surface area contributed by atoms with E-state index < -0.39 is 5.92 Å². The van der Waals surface area contributed by atoms with Crippen molar-refractivity contribution in [2.24, 2.45) is 0 Å². The summed E-state index contributed by atoms with van der Waals surface area (Å²) in [6.45, 7) is 7.21. The third-order valence-corrected chi connectivity index (χ3v) is 13.1. The van der Waals surface area contributed by atoms with Crippen LogP contribution in [0.15, 0.2) is 42.7 Å². The van der Waals surface area contributed by atoms with Gasteiger partial charge in [0.25, 0.3) is 5.91 Å². The van der Waals surface area contributed by atoms with Gasteiger partial charge in [0.1, 0.15) is 17.5 Å². The standard InChI is InChI=1S/C44H57N11O6/c1-4-35-43(60)51(2)36-27-46-44(50-40(36)55(35)30-7-5-6-8-30)48-34-12-9-28(25-37(34)61-3)41(58)47-29-15-19-54(20-16-29)39(57)17-18-52-21-23-53(24-22-52)31-10-13-33(45-26-31)32-11-14-38(56)49-42(32)59/h9-10,12-13,25-27,29-30,32,35H,4-8,11,14-24H2,1-3H3,(H,47,58)(H,46,48,50)(H,49,56,59)/t32?,35-/m1/s1. The van der Waals surface area contributed by atoms with Gasteiger partial charge in [-0.2, -0.15) is 4.98 Å². The molecule has 2 atom stereocenters. The number of ether oxygens (including phenoxy) is 1. The number of pyridine rings is 1. The van der Waals surface area contributed by atoms with Crippen molar-refractivity contribution in [3.8, 4) is 5.75 Å². The van der Waals surface area contributed by atoms with Gasteiger partial charge in [-0.1, -0.05) is 19.8 Å². The van der Waals surface area contributed by atoms with Gasteiger partial charge >= 0.3 is 0 Å². The molecule has 61 heavy (non-hydrogen) atoms. The minimum Gasteiger partial charge on any atom is -0.495 e. The predicted octanol–water partition coefficient (Wildman–Crippen LogP) is 3.58. The number of methoxy groups -OCH3 is 1. The van der Waals surface area contributed by atoms with Gasteiger partial charge in [-0.3, -0.25) is 39.2 Å². The quantitative estimate of drug-likeness (QED) is 0.225. The third kappa shape index (κ3) is 9.11. The minimum atomic E-state index is -0.396. The first kappa shape index (κ1) is 41.9. The molecule has 6 heterocycles. The number of imide groups is 1. The number of likely N-dealkylation sites (N-methyl/N-ethyl adjacent to an activating group) is 1. The number of hydrogen-bond donors (Lipinski definition) is 3. The van der Waals surface area contributed by atoms with E-state index in [1.165, 1.54) is 0 Å². The van der Waals surface area contributed by atoms with Gasteiger partial charge in [0.05, 0.1) is 42.5 Å². The molecule has 3 saturated heterocycles. The first-order chi connectivity index (χ1) is 29.6. The van der Waals surface area contributed by atoms with Gasteiger partial charge in [0.15, 0.2) is 5.82 Å². The van der Waals surface area contributed by atoms with Crippen LogP contribution in [-0.4, -0.2) is 132 Å². The van der Waals surface area contributed by atoms with Crippen molar-refractivity contribution in [3.05, 3.63) is 54.0 Å². The average Bonchev–Trinajstić information content (AvgIpc) is 3.82. The van der Waals surface area contributed by atoms with Crippen molar-refractivity contribution in [3.63, 3.8) is 0 Å². The van der Waals surface area contributed by atoms with Crippen LogP contribution in [0, 0.1) is 0 Å². The molecular formula is C44H57N11O6. The van der Waals surface area contributed by atoms with Crippen LogP contribution < -0.4 is 35.4 Å². The number of carbonyl (C=O) groups is 5. The number of aromatic nitrogens is 3. The zero-order chi connectivity index (χ0) is 42.6. The number of amides is 5. The molecule has 1 unspecified atom stereocenters. The molecule has 5 aliphatic rings. The Labute approximate surface area is 356 Å². The number of fused-ring (bicyclic) bond motifs is 1. The zero-order valence-electron chi connectivity index (χ0n) is 35.4. The summed E-state index contributed by atoms with van der Waals surface area (Å²) in [4.78, 5) is 88.1. The van der Waals surface area contributed by atoms with E-state index in [2.05, 4.69) is 40.6 Å². The van der Waals surface area contributed by atoms with Crippen molar-refractivity contribution < 1.29 is 28.7 Å². The SMILES string of the molecule is CC[C@@H]1C(=O)N(C)c2cnc(Nc3ccc(C(=O)NC4CCN(C(=O)CCN5CCN(c6ccc(C7CCC(=O)NC7=O)nc6)CC5)CC4)cc3OC)nc2N1C1CCCC1. The average molecular weight is 836 g/mol. The first-order valence-corrected chi connectivity index (χ1v) is 21.8. The van der Waals surface area contributed by atoms with Crippen molar-refractivity contribution in [2.75, 3.05) is 80.0 Å². The molecule has 4 fully saturated rings. The van der Waals surface area contributed by atoms with Crippen LogP contribution in [-0.2, 0) is 19.2 Å². The zero-order valence-corrected chi connectivity index (χ0v) is 35.4. The topological polar surface area (TPSA) is 186 Å². The Morgan fingerprint density at radius 1 is 0.918 bits per heavy atom. The fraction of sp³-hybridized carbons (Fsp3) is 0.545. The molecule has 0 radical (unpaired) electrons. The van der Waals surface area contributed by atoms with E-state index in [0.29, 0.717) is 92.5 Å². The Morgan fingerprint density at radius 3 is 2.38 bits per heavy atom. The van der Waals surface area contributed by atoms with Crippen molar-refractivity contribution in [1.82, 2.24) is 35.4 Å². The van der Waals surface area contributed by atoms with Gasteiger partial charge in [0, 0.05) is 83.3 Å². The van der Waals surface area contributed by atoms with E-state index in [4.69, 9.17) is 9.72 Å². The molecule has 324 valence electrons. The summed E-state index contributed by atoms with van der Waals surface area (Å²) >= 11 is 0. The highest BCUT2D eigenvalue weighted by atomic mass is 16.5. The minimum absolute atomic E-state index is 0.0512. The number of hydrogen-bond acceptors (Lipinski definition) is 13. The van der Waals surface area contributed by atoms with Gasteiger partial charge in [-0.25, -0.2) is 4.98 Å². The molecular weight excluding hydrogens is 779 g/mol. The van der Waals surface area contributed by atoms with E-state index >= 15 is 0 Å². The summed E-state index contributed by atoms with van der Waals surface area (Å²) in [5.41, 5.74) is 3.45. The van der Waals surface area contributed by atoms with E-state index in [-0.39, 0.29) is 47.7 Å². The molecule has 0 bridgehead atoms. The second kappa shape index (κ2) is 18.4. The Balaban J connectivity index is 0.787. The molecule has 17 nitrogen and oxygen atoms in total. The maximum Gasteiger partial charge on any atom is 0.251 e. The number of anilines is 5. The molecule has 1 aliphatic carbocycles. The maximum atomic E-state index is 13.4. The monoisotopic (exact) mass is 835 g/mol. The number of nitrogens with one attached hydrogen (secondary N) is 3. The maximum absolute atomic E-state index is 13.4. The number of piperazine rings is 1. The first-order valence-electron chi connectivity index (χ1n) is 21.8. The predicted molar refractivity (Wildman–Crippen MR) is 230 cm³/mol. The largest absolute Gasteiger partial charge is 0.495 e. The van der Waals surface area contributed by atoms with Crippen molar-refractivity contribution in [1.29, 1.82) is 0 Å². The van der Waals surface area contributed by atoms with E-state index in [9.17, 15) is 24.0 Å². The lowest BCUT2D eigenvalue weighted by Crippen LogP contribution is -2.55. The lowest BCUT2D eigenvalue weighted by atomic mass is 9.94. The Hall–Kier alpha value is -5.84. The molecule has 5 amide bonds. The van der Waals surface area contributed by atoms with Gasteiger partial charge in [-0.05, 0) is 68.9 Å². The summed E-state index contributed by atoms with van der Waals surface area (Å²) in [7, 11) is 3.34. The summed E-state index contributed by atoms with van der Waals surface area (Å²) in [5, 5.41) is 8.85. The Kier molecular flexibility index (Phi) is 12.6. The summed E-state index contributed by atoms with van der Waals surface area (Å²) < 4.78 is 5.71. The number of carbonyl (C=O) groups excluding carboxylic acids is 5. The smallest absolute Gasteiger partial charge is 0.251 e. The molecule has 1 aromatic carbocycles. The number of benzene rings is 1. The van der Waals surface area contributed by atoms with Crippen LogP contribution in [0.5, 0.6) is 5.75 Å².